The first-order chi connectivity index (χ1) is 9.17. The maximum absolute atomic E-state index is 6.01. The first-order valence-corrected chi connectivity index (χ1v) is 7.00. The number of hydrogen-bond donors (Lipinski definition) is 1. The van der Waals surface area contributed by atoms with Crippen molar-refractivity contribution in [2.45, 2.75) is 6.92 Å². The van der Waals surface area contributed by atoms with Crippen molar-refractivity contribution in [3.8, 4) is 11.5 Å². The van der Waals surface area contributed by atoms with Gasteiger partial charge in [0.1, 0.15) is 11.5 Å². The minimum atomic E-state index is 0.628. The molecule has 0 aliphatic heterocycles. The predicted octanol–water partition coefficient (Wildman–Crippen LogP) is 3.76. The van der Waals surface area contributed by atoms with Crippen molar-refractivity contribution in [2.24, 2.45) is 0 Å². The van der Waals surface area contributed by atoms with Gasteiger partial charge in [0.15, 0.2) is 5.82 Å². The van der Waals surface area contributed by atoms with Crippen molar-refractivity contribution in [3.63, 3.8) is 0 Å². The number of rotatable bonds is 2. The zero-order valence-electron chi connectivity index (χ0n) is 10.4. The Hall–Kier alpha value is -1.72. The largest absolute Gasteiger partial charge is 0.373 e. The number of nitrogens with zero attached hydrogens (tertiary/aromatic N) is 3. The van der Waals surface area contributed by atoms with E-state index in [1.165, 1.54) is 0 Å². The lowest BCUT2D eigenvalue weighted by Gasteiger charge is -2.07. The van der Waals surface area contributed by atoms with E-state index in [2.05, 4.69) is 20.3 Å². The number of aromatic nitrogens is 3. The third-order valence-corrected chi connectivity index (χ3v) is 3.75. The van der Waals surface area contributed by atoms with E-state index in [1.54, 1.807) is 11.3 Å². The normalized spacial score (nSPS) is 10.9. The van der Waals surface area contributed by atoms with Crippen LogP contribution < -0.4 is 5.32 Å². The summed E-state index contributed by atoms with van der Waals surface area (Å²) in [6.07, 6.45) is 0. The zero-order valence-corrected chi connectivity index (χ0v) is 12.0. The molecule has 0 atom stereocenters. The summed E-state index contributed by atoms with van der Waals surface area (Å²) < 4.78 is 0. The van der Waals surface area contributed by atoms with Crippen molar-refractivity contribution in [1.29, 1.82) is 0 Å². The van der Waals surface area contributed by atoms with Crippen LogP contribution in [-0.2, 0) is 0 Å². The highest BCUT2D eigenvalue weighted by Crippen LogP contribution is 2.27. The molecule has 0 unspecified atom stereocenters. The fourth-order valence-corrected chi connectivity index (χ4v) is 2.64. The molecule has 19 heavy (non-hydrogen) atoms. The smallest absolute Gasteiger partial charge is 0.181 e. The third kappa shape index (κ3) is 2.27. The van der Waals surface area contributed by atoms with Crippen LogP contribution in [0.4, 0.5) is 5.82 Å². The fraction of sp³-hybridized carbons (Fsp3) is 0.154. The highest BCUT2D eigenvalue weighted by molar-refractivity contribution is 7.09. The molecule has 0 radical (unpaired) electrons. The van der Waals surface area contributed by atoms with Crippen LogP contribution in [0.15, 0.2) is 23.6 Å². The third-order valence-electron chi connectivity index (χ3n) is 2.74. The summed E-state index contributed by atoms with van der Waals surface area (Å²) in [7, 11) is 1.83. The van der Waals surface area contributed by atoms with Crippen LogP contribution in [0.3, 0.4) is 0 Å². The van der Waals surface area contributed by atoms with Crippen molar-refractivity contribution < 1.29 is 0 Å². The SMILES string of the molecule is CNc1nc(-c2csc(C)n2)nc2ccc(Cl)cc12. The molecule has 96 valence electrons. The molecule has 0 amide bonds. The Morgan fingerprint density at radius 2 is 2.05 bits per heavy atom. The summed E-state index contributed by atoms with van der Waals surface area (Å²) >= 11 is 7.60. The van der Waals surface area contributed by atoms with Crippen LogP contribution in [0.1, 0.15) is 5.01 Å². The highest BCUT2D eigenvalue weighted by atomic mass is 35.5. The molecule has 0 spiro atoms. The number of halogens is 1. The first-order valence-electron chi connectivity index (χ1n) is 5.75. The molecule has 3 aromatic rings. The maximum atomic E-state index is 6.01. The van der Waals surface area contributed by atoms with Gasteiger partial charge in [-0.2, -0.15) is 0 Å². The summed E-state index contributed by atoms with van der Waals surface area (Å²) in [6, 6.07) is 5.58. The zero-order chi connectivity index (χ0) is 13.4. The number of thiazole rings is 1. The van der Waals surface area contributed by atoms with E-state index in [0.717, 1.165) is 27.4 Å². The molecular weight excluding hydrogens is 280 g/mol. The Labute approximate surface area is 119 Å². The average molecular weight is 291 g/mol. The standard InChI is InChI=1S/C13H11ClN4S/c1-7-16-11(6-19-7)13-17-10-4-3-8(14)5-9(10)12(15-2)18-13/h3-6H,1-2H3,(H,15,17,18). The number of benzene rings is 1. The molecule has 0 bridgehead atoms. The number of aryl methyl sites for hydroxylation is 1. The molecular formula is C13H11ClN4S. The quantitative estimate of drug-likeness (QED) is 0.781. The average Bonchev–Trinajstić information content (AvgIpc) is 2.84. The van der Waals surface area contributed by atoms with Crippen LogP contribution >= 0.6 is 22.9 Å². The van der Waals surface area contributed by atoms with Gasteiger partial charge in [0, 0.05) is 22.8 Å². The molecule has 1 N–H and O–H groups in total. The molecule has 0 fully saturated rings. The van der Waals surface area contributed by atoms with Crippen molar-refractivity contribution in [3.05, 3.63) is 33.6 Å². The van der Waals surface area contributed by atoms with Crippen LogP contribution in [-0.4, -0.2) is 22.0 Å². The minimum Gasteiger partial charge on any atom is -0.373 e. The van der Waals surface area contributed by atoms with Gasteiger partial charge in [-0.05, 0) is 25.1 Å². The van der Waals surface area contributed by atoms with E-state index < -0.39 is 0 Å². The Bertz CT molecular complexity index is 753. The second-order valence-electron chi connectivity index (χ2n) is 4.06. The van der Waals surface area contributed by atoms with Gasteiger partial charge in [-0.1, -0.05) is 11.6 Å². The van der Waals surface area contributed by atoms with Gasteiger partial charge >= 0.3 is 0 Å². The lowest BCUT2D eigenvalue weighted by atomic mass is 10.2. The predicted molar refractivity (Wildman–Crippen MR) is 79.9 cm³/mol. The molecule has 0 saturated heterocycles. The Morgan fingerprint density at radius 3 is 2.74 bits per heavy atom. The molecule has 3 rings (SSSR count). The molecule has 4 nitrogen and oxygen atoms in total. The van der Waals surface area contributed by atoms with E-state index in [4.69, 9.17) is 11.6 Å². The van der Waals surface area contributed by atoms with Gasteiger partial charge in [0.05, 0.1) is 10.5 Å². The van der Waals surface area contributed by atoms with Gasteiger partial charge in [0.2, 0.25) is 0 Å². The van der Waals surface area contributed by atoms with Gasteiger partial charge in [-0.3, -0.25) is 0 Å². The number of hydrogen-bond acceptors (Lipinski definition) is 5. The fourth-order valence-electron chi connectivity index (χ4n) is 1.87. The molecule has 0 aliphatic rings. The summed E-state index contributed by atoms with van der Waals surface area (Å²) in [5.74, 6) is 1.39. The summed E-state index contributed by atoms with van der Waals surface area (Å²) in [4.78, 5) is 13.5. The summed E-state index contributed by atoms with van der Waals surface area (Å²) in [5, 5.41) is 7.62. The lowest BCUT2D eigenvalue weighted by molar-refractivity contribution is 1.17. The van der Waals surface area contributed by atoms with E-state index >= 15 is 0 Å². The molecule has 0 saturated carbocycles. The van der Waals surface area contributed by atoms with Gasteiger partial charge in [0.25, 0.3) is 0 Å². The lowest BCUT2D eigenvalue weighted by Crippen LogP contribution is -1.99. The Kier molecular flexibility index (Phi) is 3.08. The monoisotopic (exact) mass is 290 g/mol. The van der Waals surface area contributed by atoms with E-state index in [9.17, 15) is 0 Å². The highest BCUT2D eigenvalue weighted by Gasteiger charge is 2.11. The van der Waals surface area contributed by atoms with E-state index in [-0.39, 0.29) is 0 Å². The van der Waals surface area contributed by atoms with Crippen molar-refractivity contribution in [1.82, 2.24) is 15.0 Å². The van der Waals surface area contributed by atoms with Crippen LogP contribution in [0.5, 0.6) is 0 Å². The number of anilines is 1. The molecule has 1 aromatic carbocycles. The molecule has 2 aromatic heterocycles. The second-order valence-corrected chi connectivity index (χ2v) is 5.56. The Morgan fingerprint density at radius 1 is 1.21 bits per heavy atom. The van der Waals surface area contributed by atoms with E-state index in [0.29, 0.717) is 10.8 Å². The minimum absolute atomic E-state index is 0.628. The molecule has 2 heterocycles. The number of fused-ring (bicyclic) bond motifs is 1. The Balaban J connectivity index is 2.25. The summed E-state index contributed by atoms with van der Waals surface area (Å²) in [5.41, 5.74) is 1.65. The molecule has 0 aliphatic carbocycles. The van der Waals surface area contributed by atoms with Gasteiger partial charge < -0.3 is 5.32 Å². The van der Waals surface area contributed by atoms with Crippen LogP contribution in [0.25, 0.3) is 22.4 Å². The van der Waals surface area contributed by atoms with Crippen molar-refractivity contribution >= 4 is 39.7 Å². The van der Waals surface area contributed by atoms with E-state index in [1.807, 2.05) is 37.6 Å². The topological polar surface area (TPSA) is 50.7 Å². The van der Waals surface area contributed by atoms with Crippen molar-refractivity contribution in [2.75, 3.05) is 12.4 Å². The maximum Gasteiger partial charge on any atom is 0.181 e. The van der Waals surface area contributed by atoms with Crippen LogP contribution in [0, 0.1) is 6.92 Å². The summed E-state index contributed by atoms with van der Waals surface area (Å²) in [6.45, 7) is 1.97. The molecule has 6 heteroatoms. The number of nitrogens with one attached hydrogen (secondary N) is 1. The van der Waals surface area contributed by atoms with Gasteiger partial charge in [-0.25, -0.2) is 15.0 Å². The second kappa shape index (κ2) is 4.75. The van der Waals surface area contributed by atoms with Gasteiger partial charge in [-0.15, -0.1) is 11.3 Å². The van der Waals surface area contributed by atoms with Crippen LogP contribution in [0.2, 0.25) is 5.02 Å². The first kappa shape index (κ1) is 12.3.